The summed E-state index contributed by atoms with van der Waals surface area (Å²) in [5.41, 5.74) is 1.67. The molecule has 0 atom stereocenters. The van der Waals surface area contributed by atoms with Crippen molar-refractivity contribution in [2.24, 2.45) is 0 Å². The molecule has 0 fully saturated rings. The van der Waals surface area contributed by atoms with Crippen molar-refractivity contribution in [3.63, 3.8) is 0 Å². The van der Waals surface area contributed by atoms with Crippen LogP contribution < -0.4 is 10.1 Å². The van der Waals surface area contributed by atoms with Crippen LogP contribution in [-0.4, -0.2) is 20.1 Å². The van der Waals surface area contributed by atoms with Gasteiger partial charge in [-0.25, -0.2) is 0 Å². The highest BCUT2D eigenvalue weighted by Crippen LogP contribution is 2.28. The van der Waals surface area contributed by atoms with Crippen LogP contribution >= 0.6 is 11.8 Å². The number of carbonyl (C=O) groups excluding carboxylic acids is 1. The van der Waals surface area contributed by atoms with Gasteiger partial charge in [-0.3, -0.25) is 4.79 Å². The first-order chi connectivity index (χ1) is 9.74. The van der Waals surface area contributed by atoms with Gasteiger partial charge < -0.3 is 10.1 Å². The largest absolute Gasteiger partial charge is 0.496 e. The zero-order chi connectivity index (χ0) is 14.4. The highest BCUT2D eigenvalue weighted by Gasteiger charge is 2.09. The standard InChI is InChI=1S/C16H17NO2S/c1-17-16(18)12-8-9-15(19-2)13(10-12)11-20-14-6-4-3-5-7-14/h3-10H,11H2,1-2H3,(H,17,18). The lowest BCUT2D eigenvalue weighted by Crippen LogP contribution is -2.17. The first-order valence-corrected chi connectivity index (χ1v) is 7.30. The third kappa shape index (κ3) is 3.54. The summed E-state index contributed by atoms with van der Waals surface area (Å²) in [5, 5.41) is 2.63. The number of nitrogens with one attached hydrogen (secondary N) is 1. The molecule has 0 saturated heterocycles. The molecule has 0 aliphatic carbocycles. The van der Waals surface area contributed by atoms with Crippen LogP contribution in [0.3, 0.4) is 0 Å². The van der Waals surface area contributed by atoms with E-state index in [1.807, 2.05) is 30.3 Å². The minimum absolute atomic E-state index is 0.0846. The van der Waals surface area contributed by atoms with Crippen LogP contribution in [0.4, 0.5) is 0 Å². The number of ether oxygens (including phenoxy) is 1. The van der Waals surface area contributed by atoms with Crippen LogP contribution in [0.25, 0.3) is 0 Å². The van der Waals surface area contributed by atoms with Gasteiger partial charge in [0.2, 0.25) is 0 Å². The van der Waals surface area contributed by atoms with E-state index in [-0.39, 0.29) is 5.91 Å². The molecule has 0 saturated carbocycles. The highest BCUT2D eigenvalue weighted by atomic mass is 32.2. The maximum Gasteiger partial charge on any atom is 0.251 e. The molecule has 0 radical (unpaired) electrons. The molecule has 0 aromatic heterocycles. The lowest BCUT2D eigenvalue weighted by molar-refractivity contribution is 0.0963. The van der Waals surface area contributed by atoms with Crippen molar-refractivity contribution < 1.29 is 9.53 Å². The quantitative estimate of drug-likeness (QED) is 0.857. The summed E-state index contributed by atoms with van der Waals surface area (Å²) >= 11 is 1.72. The molecule has 20 heavy (non-hydrogen) atoms. The van der Waals surface area contributed by atoms with E-state index in [0.29, 0.717) is 5.56 Å². The average Bonchev–Trinajstić information content (AvgIpc) is 2.52. The van der Waals surface area contributed by atoms with Gasteiger partial charge in [0.1, 0.15) is 5.75 Å². The molecule has 0 heterocycles. The fourth-order valence-corrected chi connectivity index (χ4v) is 2.75. The molecule has 2 rings (SSSR count). The predicted molar refractivity (Wildman–Crippen MR) is 82.4 cm³/mol. The summed E-state index contributed by atoms with van der Waals surface area (Å²) in [4.78, 5) is 12.9. The number of hydrogen-bond donors (Lipinski definition) is 1. The van der Waals surface area contributed by atoms with Crippen molar-refractivity contribution in [1.82, 2.24) is 5.32 Å². The zero-order valence-electron chi connectivity index (χ0n) is 11.6. The number of methoxy groups -OCH3 is 1. The minimum Gasteiger partial charge on any atom is -0.496 e. The number of carbonyl (C=O) groups is 1. The number of benzene rings is 2. The van der Waals surface area contributed by atoms with Gasteiger partial charge in [-0.1, -0.05) is 18.2 Å². The number of rotatable bonds is 5. The van der Waals surface area contributed by atoms with Gasteiger partial charge in [0.25, 0.3) is 5.91 Å². The van der Waals surface area contributed by atoms with E-state index in [1.165, 1.54) is 4.90 Å². The van der Waals surface area contributed by atoms with Gasteiger partial charge in [0.15, 0.2) is 0 Å². The van der Waals surface area contributed by atoms with Crippen molar-refractivity contribution in [3.05, 3.63) is 59.7 Å². The van der Waals surface area contributed by atoms with E-state index in [0.717, 1.165) is 17.1 Å². The molecule has 3 nitrogen and oxygen atoms in total. The average molecular weight is 287 g/mol. The summed E-state index contributed by atoms with van der Waals surface area (Å²) in [6, 6.07) is 15.7. The van der Waals surface area contributed by atoms with Gasteiger partial charge in [-0.05, 0) is 30.3 Å². The Hall–Kier alpha value is -1.94. The van der Waals surface area contributed by atoms with Crippen molar-refractivity contribution in [1.29, 1.82) is 0 Å². The molecule has 1 N–H and O–H groups in total. The monoisotopic (exact) mass is 287 g/mol. The summed E-state index contributed by atoms with van der Waals surface area (Å²) in [7, 11) is 3.27. The van der Waals surface area contributed by atoms with E-state index in [1.54, 1.807) is 32.0 Å². The molecule has 1 amide bonds. The van der Waals surface area contributed by atoms with E-state index in [2.05, 4.69) is 17.4 Å². The number of amides is 1. The van der Waals surface area contributed by atoms with E-state index < -0.39 is 0 Å². The van der Waals surface area contributed by atoms with Crippen molar-refractivity contribution >= 4 is 17.7 Å². The smallest absolute Gasteiger partial charge is 0.251 e. The maximum atomic E-state index is 11.7. The van der Waals surface area contributed by atoms with Gasteiger partial charge >= 0.3 is 0 Å². The van der Waals surface area contributed by atoms with Crippen molar-refractivity contribution in [3.8, 4) is 5.75 Å². The van der Waals surface area contributed by atoms with Crippen LogP contribution in [-0.2, 0) is 5.75 Å². The van der Waals surface area contributed by atoms with Gasteiger partial charge in [0.05, 0.1) is 7.11 Å². The normalized spacial score (nSPS) is 10.1. The summed E-state index contributed by atoms with van der Waals surface area (Å²) in [5.74, 6) is 1.48. The lowest BCUT2D eigenvalue weighted by atomic mass is 10.1. The molecular weight excluding hydrogens is 270 g/mol. The van der Waals surface area contributed by atoms with Crippen LogP contribution in [0.1, 0.15) is 15.9 Å². The van der Waals surface area contributed by atoms with Crippen LogP contribution in [0, 0.1) is 0 Å². The molecule has 0 spiro atoms. The first-order valence-electron chi connectivity index (χ1n) is 6.31. The fourth-order valence-electron chi connectivity index (χ4n) is 1.85. The van der Waals surface area contributed by atoms with Crippen molar-refractivity contribution in [2.45, 2.75) is 10.6 Å². The van der Waals surface area contributed by atoms with Crippen LogP contribution in [0.15, 0.2) is 53.4 Å². The van der Waals surface area contributed by atoms with E-state index in [4.69, 9.17) is 4.74 Å². The summed E-state index contributed by atoms with van der Waals surface area (Å²) in [6.45, 7) is 0. The lowest BCUT2D eigenvalue weighted by Gasteiger charge is -2.10. The SMILES string of the molecule is CNC(=O)c1ccc(OC)c(CSc2ccccc2)c1. The second kappa shape index (κ2) is 7.01. The molecular formula is C16H17NO2S. The third-order valence-electron chi connectivity index (χ3n) is 2.91. The molecule has 0 aliphatic rings. The molecule has 4 heteroatoms. The maximum absolute atomic E-state index is 11.7. The van der Waals surface area contributed by atoms with Gasteiger partial charge in [-0.15, -0.1) is 11.8 Å². The topological polar surface area (TPSA) is 38.3 Å². The molecule has 0 bridgehead atoms. The second-order valence-electron chi connectivity index (χ2n) is 4.21. The number of hydrogen-bond acceptors (Lipinski definition) is 3. The van der Waals surface area contributed by atoms with Gasteiger partial charge in [-0.2, -0.15) is 0 Å². The fraction of sp³-hybridized carbons (Fsp3) is 0.188. The summed E-state index contributed by atoms with van der Waals surface area (Å²) in [6.07, 6.45) is 0. The molecule has 2 aromatic rings. The second-order valence-corrected chi connectivity index (χ2v) is 5.26. The van der Waals surface area contributed by atoms with E-state index in [9.17, 15) is 4.79 Å². The van der Waals surface area contributed by atoms with Crippen LogP contribution in [0.2, 0.25) is 0 Å². The Morgan fingerprint density at radius 2 is 1.95 bits per heavy atom. The Morgan fingerprint density at radius 1 is 1.20 bits per heavy atom. The molecule has 2 aromatic carbocycles. The van der Waals surface area contributed by atoms with E-state index >= 15 is 0 Å². The molecule has 0 aliphatic heterocycles. The summed E-state index contributed by atoms with van der Waals surface area (Å²) < 4.78 is 5.36. The molecule has 0 unspecified atom stereocenters. The number of thioether (sulfide) groups is 1. The third-order valence-corrected chi connectivity index (χ3v) is 3.97. The Bertz CT molecular complexity index is 584. The minimum atomic E-state index is -0.0846. The van der Waals surface area contributed by atoms with Crippen molar-refractivity contribution in [2.75, 3.05) is 14.2 Å². The molecule has 104 valence electrons. The Kier molecular flexibility index (Phi) is 5.07. The Labute approximate surface area is 123 Å². The highest BCUT2D eigenvalue weighted by molar-refractivity contribution is 7.98. The van der Waals surface area contributed by atoms with Crippen LogP contribution in [0.5, 0.6) is 5.75 Å². The predicted octanol–water partition coefficient (Wildman–Crippen LogP) is 3.35. The Balaban J connectivity index is 2.18. The first kappa shape index (κ1) is 14.5. The van der Waals surface area contributed by atoms with Gasteiger partial charge in [0, 0.05) is 28.8 Å². The Morgan fingerprint density at radius 3 is 2.60 bits per heavy atom. The zero-order valence-corrected chi connectivity index (χ0v) is 12.4.